The van der Waals surface area contributed by atoms with Gasteiger partial charge in [0.25, 0.3) is 0 Å². The molecule has 3 aliphatic rings. The lowest BCUT2D eigenvalue weighted by molar-refractivity contribution is 0.0164. The van der Waals surface area contributed by atoms with Gasteiger partial charge in [-0.25, -0.2) is 0 Å². The quantitative estimate of drug-likeness (QED) is 0.204. The van der Waals surface area contributed by atoms with Crippen LogP contribution in [0.15, 0.2) is 4.99 Å². The van der Waals surface area contributed by atoms with E-state index in [4.69, 9.17) is 9.47 Å². The lowest BCUT2D eigenvalue weighted by Crippen LogP contribution is -2.62. The highest BCUT2D eigenvalue weighted by Gasteiger charge is 2.39. The number of aliphatic imine (C=N–C) groups is 1. The van der Waals surface area contributed by atoms with Crippen molar-refractivity contribution in [2.75, 3.05) is 73.2 Å². The fraction of sp³-hybridized carbons (Fsp3) is 0.955. The van der Waals surface area contributed by atoms with Gasteiger partial charge in [0, 0.05) is 38.9 Å². The fourth-order valence-corrected chi connectivity index (χ4v) is 4.85. The molecule has 3 rings (SSSR count). The zero-order chi connectivity index (χ0) is 20.4. The average Bonchev–Trinajstić information content (AvgIpc) is 3.28. The van der Waals surface area contributed by atoms with E-state index in [0.29, 0.717) is 6.10 Å². The van der Waals surface area contributed by atoms with E-state index in [-0.39, 0.29) is 29.5 Å². The van der Waals surface area contributed by atoms with Gasteiger partial charge in [0.1, 0.15) is 0 Å². The van der Waals surface area contributed by atoms with Gasteiger partial charge < -0.3 is 25.0 Å². The zero-order valence-electron chi connectivity index (χ0n) is 19.2. The molecule has 1 atom stereocenters. The van der Waals surface area contributed by atoms with Crippen molar-refractivity contribution in [1.29, 1.82) is 0 Å². The minimum Gasteiger partial charge on any atom is -0.379 e. The SMILES string of the molecule is CN=C(NCCCOCC1CCCO1)NCC1(N2CCCCC2)CCN(C)CC1.I. The summed E-state index contributed by atoms with van der Waals surface area (Å²) >= 11 is 0. The Morgan fingerprint density at radius 3 is 2.53 bits per heavy atom. The van der Waals surface area contributed by atoms with Crippen molar-refractivity contribution in [2.24, 2.45) is 4.99 Å². The molecule has 3 heterocycles. The Morgan fingerprint density at radius 1 is 1.10 bits per heavy atom. The van der Waals surface area contributed by atoms with Gasteiger partial charge in [-0.2, -0.15) is 0 Å². The van der Waals surface area contributed by atoms with Gasteiger partial charge in [-0.15, -0.1) is 24.0 Å². The van der Waals surface area contributed by atoms with Gasteiger partial charge >= 0.3 is 0 Å². The van der Waals surface area contributed by atoms with Crippen molar-refractivity contribution >= 4 is 29.9 Å². The molecule has 8 heteroatoms. The van der Waals surface area contributed by atoms with Crippen LogP contribution in [0.1, 0.15) is 51.4 Å². The van der Waals surface area contributed by atoms with Crippen LogP contribution in [0.4, 0.5) is 0 Å². The summed E-state index contributed by atoms with van der Waals surface area (Å²) in [5, 5.41) is 7.11. The van der Waals surface area contributed by atoms with Gasteiger partial charge in [-0.05, 0) is 78.2 Å². The number of piperidine rings is 2. The molecule has 0 aromatic carbocycles. The minimum atomic E-state index is 0. The van der Waals surface area contributed by atoms with E-state index >= 15 is 0 Å². The Bertz CT molecular complexity index is 488. The molecule has 0 aromatic rings. The van der Waals surface area contributed by atoms with Crippen LogP contribution in [0, 0.1) is 0 Å². The second kappa shape index (κ2) is 14.1. The summed E-state index contributed by atoms with van der Waals surface area (Å²) < 4.78 is 11.4. The summed E-state index contributed by atoms with van der Waals surface area (Å²) in [4.78, 5) is 9.68. The van der Waals surface area contributed by atoms with Crippen LogP contribution in [0.3, 0.4) is 0 Å². The molecule has 0 spiro atoms. The number of guanidine groups is 1. The second-order valence-electron chi connectivity index (χ2n) is 8.99. The van der Waals surface area contributed by atoms with E-state index in [1.165, 1.54) is 64.7 Å². The highest BCUT2D eigenvalue weighted by Crippen LogP contribution is 2.30. The van der Waals surface area contributed by atoms with Crippen LogP contribution in [-0.4, -0.2) is 101 Å². The fourth-order valence-electron chi connectivity index (χ4n) is 4.85. The number of rotatable bonds is 9. The molecule has 0 amide bonds. The molecule has 0 bridgehead atoms. The normalized spacial score (nSPS) is 25.7. The van der Waals surface area contributed by atoms with Crippen molar-refractivity contribution < 1.29 is 9.47 Å². The summed E-state index contributed by atoms with van der Waals surface area (Å²) in [6.07, 6.45) is 10.2. The van der Waals surface area contributed by atoms with E-state index in [1.807, 2.05) is 7.05 Å². The monoisotopic (exact) mass is 537 g/mol. The Morgan fingerprint density at radius 2 is 1.87 bits per heavy atom. The van der Waals surface area contributed by atoms with Crippen LogP contribution in [0.5, 0.6) is 0 Å². The van der Waals surface area contributed by atoms with Crippen molar-refractivity contribution in [3.63, 3.8) is 0 Å². The molecule has 0 radical (unpaired) electrons. The Kier molecular flexibility index (Phi) is 12.2. The summed E-state index contributed by atoms with van der Waals surface area (Å²) in [6.45, 7) is 9.14. The number of ether oxygens (including phenoxy) is 2. The first-order valence-electron chi connectivity index (χ1n) is 11.8. The summed E-state index contributed by atoms with van der Waals surface area (Å²) in [5.41, 5.74) is 0.273. The highest BCUT2D eigenvalue weighted by molar-refractivity contribution is 14.0. The molecule has 3 aliphatic heterocycles. The molecular weight excluding hydrogens is 493 g/mol. The van der Waals surface area contributed by atoms with E-state index in [1.54, 1.807) is 0 Å². The number of halogens is 1. The molecule has 3 saturated heterocycles. The van der Waals surface area contributed by atoms with Gasteiger partial charge in [0.05, 0.1) is 12.7 Å². The molecule has 7 nitrogen and oxygen atoms in total. The lowest BCUT2D eigenvalue weighted by Gasteiger charge is -2.50. The molecule has 2 N–H and O–H groups in total. The van der Waals surface area contributed by atoms with E-state index in [2.05, 4.69) is 32.5 Å². The molecule has 0 aliphatic carbocycles. The maximum atomic E-state index is 5.76. The first-order valence-corrected chi connectivity index (χ1v) is 11.8. The Hall–Kier alpha value is -0.160. The predicted molar refractivity (Wildman–Crippen MR) is 134 cm³/mol. The zero-order valence-corrected chi connectivity index (χ0v) is 21.5. The van der Waals surface area contributed by atoms with Gasteiger partial charge in [-0.3, -0.25) is 9.89 Å². The molecule has 0 aromatic heterocycles. The van der Waals surface area contributed by atoms with Crippen molar-refractivity contribution in [1.82, 2.24) is 20.4 Å². The number of hydrogen-bond donors (Lipinski definition) is 2. The summed E-state index contributed by atoms with van der Waals surface area (Å²) in [7, 11) is 4.11. The Balaban J connectivity index is 0.00000320. The molecule has 30 heavy (non-hydrogen) atoms. The molecular formula is C22H44IN5O2. The van der Waals surface area contributed by atoms with Crippen LogP contribution in [0.2, 0.25) is 0 Å². The number of nitrogens with zero attached hydrogens (tertiary/aromatic N) is 3. The molecule has 1 unspecified atom stereocenters. The minimum absolute atomic E-state index is 0. The maximum Gasteiger partial charge on any atom is 0.191 e. The van der Waals surface area contributed by atoms with Crippen molar-refractivity contribution in [3.8, 4) is 0 Å². The maximum absolute atomic E-state index is 5.76. The highest BCUT2D eigenvalue weighted by atomic mass is 127. The summed E-state index contributed by atoms with van der Waals surface area (Å²) in [5.74, 6) is 0.916. The van der Waals surface area contributed by atoms with E-state index in [9.17, 15) is 0 Å². The van der Waals surface area contributed by atoms with E-state index in [0.717, 1.165) is 51.7 Å². The standard InChI is InChI=1S/C22H43N5O2.HI/c1-23-21(24-11-7-16-28-18-20-8-6-17-29-20)25-19-22(9-14-26(2)15-10-22)27-12-4-3-5-13-27;/h20H,3-19H2,1-2H3,(H2,23,24,25);1H. The molecule has 176 valence electrons. The Labute approximate surface area is 200 Å². The smallest absolute Gasteiger partial charge is 0.191 e. The first-order chi connectivity index (χ1) is 14.2. The third-order valence-electron chi connectivity index (χ3n) is 6.84. The largest absolute Gasteiger partial charge is 0.379 e. The molecule has 3 fully saturated rings. The number of likely N-dealkylation sites (tertiary alicyclic amines) is 2. The first kappa shape index (κ1) is 26.1. The van der Waals surface area contributed by atoms with Crippen LogP contribution in [0.25, 0.3) is 0 Å². The van der Waals surface area contributed by atoms with Crippen LogP contribution >= 0.6 is 24.0 Å². The van der Waals surface area contributed by atoms with Crippen LogP contribution in [-0.2, 0) is 9.47 Å². The third-order valence-corrected chi connectivity index (χ3v) is 6.84. The van der Waals surface area contributed by atoms with Crippen molar-refractivity contribution in [2.45, 2.75) is 63.0 Å². The van der Waals surface area contributed by atoms with Crippen LogP contribution < -0.4 is 10.6 Å². The van der Waals surface area contributed by atoms with Crippen molar-refractivity contribution in [3.05, 3.63) is 0 Å². The second-order valence-corrected chi connectivity index (χ2v) is 8.99. The summed E-state index contributed by atoms with van der Waals surface area (Å²) in [6, 6.07) is 0. The average molecular weight is 538 g/mol. The number of hydrogen-bond acceptors (Lipinski definition) is 5. The van der Waals surface area contributed by atoms with E-state index < -0.39 is 0 Å². The molecule has 0 saturated carbocycles. The lowest BCUT2D eigenvalue weighted by atomic mass is 9.84. The predicted octanol–water partition coefficient (Wildman–Crippen LogP) is 2.31. The van der Waals surface area contributed by atoms with Gasteiger partial charge in [-0.1, -0.05) is 6.42 Å². The topological polar surface area (TPSA) is 61.4 Å². The third kappa shape index (κ3) is 8.07. The number of nitrogens with one attached hydrogen (secondary N) is 2. The van der Waals surface area contributed by atoms with Gasteiger partial charge in [0.2, 0.25) is 0 Å². The van der Waals surface area contributed by atoms with Gasteiger partial charge in [0.15, 0.2) is 5.96 Å².